The largest absolute Gasteiger partial charge is 0.385 e. The monoisotopic (exact) mass is 404 g/mol. The van der Waals surface area contributed by atoms with Crippen LogP contribution < -0.4 is 5.32 Å². The predicted molar refractivity (Wildman–Crippen MR) is 120 cm³/mol. The minimum Gasteiger partial charge on any atom is -0.385 e. The average molecular weight is 405 g/mol. The van der Waals surface area contributed by atoms with Gasteiger partial charge in [0.1, 0.15) is 12.7 Å². The zero-order chi connectivity index (χ0) is 21.1. The summed E-state index contributed by atoms with van der Waals surface area (Å²) in [5, 5.41) is 19.2. The molecule has 0 saturated heterocycles. The van der Waals surface area contributed by atoms with Crippen LogP contribution in [0.1, 0.15) is 75.1 Å². The van der Waals surface area contributed by atoms with E-state index in [4.69, 9.17) is 0 Å². The molecule has 3 aromatic rings. The van der Waals surface area contributed by atoms with Crippen molar-refractivity contribution in [2.24, 2.45) is 0 Å². The number of nitrogens with zero attached hydrogens (tertiary/aromatic N) is 3. The molecule has 1 aromatic heterocycles. The normalized spacial score (nSPS) is 22.9. The zero-order valence-electron chi connectivity index (χ0n) is 18.1. The second-order valence-corrected chi connectivity index (χ2v) is 8.90. The lowest BCUT2D eigenvalue weighted by Gasteiger charge is -2.38. The van der Waals surface area contributed by atoms with Gasteiger partial charge in [-0.05, 0) is 67.3 Å². The van der Waals surface area contributed by atoms with Crippen LogP contribution in [-0.2, 0) is 5.60 Å². The molecule has 5 nitrogen and oxygen atoms in total. The Labute approximate surface area is 179 Å². The summed E-state index contributed by atoms with van der Waals surface area (Å²) in [7, 11) is 0. The fourth-order valence-electron chi connectivity index (χ4n) is 4.44. The molecule has 0 bridgehead atoms. The van der Waals surface area contributed by atoms with E-state index >= 15 is 0 Å². The summed E-state index contributed by atoms with van der Waals surface area (Å²) in [6.45, 7) is 6.60. The van der Waals surface area contributed by atoms with Crippen molar-refractivity contribution >= 4 is 0 Å². The van der Waals surface area contributed by atoms with Gasteiger partial charge in [0.25, 0.3) is 0 Å². The van der Waals surface area contributed by atoms with Crippen molar-refractivity contribution in [2.45, 2.75) is 70.1 Å². The summed E-state index contributed by atoms with van der Waals surface area (Å²) in [6, 6.07) is 17.7. The molecule has 30 heavy (non-hydrogen) atoms. The van der Waals surface area contributed by atoms with Crippen molar-refractivity contribution in [3.8, 4) is 5.69 Å². The fraction of sp³-hybridized carbons (Fsp3) is 0.440. The van der Waals surface area contributed by atoms with Gasteiger partial charge in [-0.2, -0.15) is 5.10 Å². The Balaban J connectivity index is 1.34. The molecule has 1 aliphatic rings. The van der Waals surface area contributed by atoms with E-state index in [0.717, 1.165) is 36.9 Å². The Kier molecular flexibility index (Phi) is 6.02. The van der Waals surface area contributed by atoms with Gasteiger partial charge < -0.3 is 10.4 Å². The van der Waals surface area contributed by atoms with Gasteiger partial charge in [-0.15, -0.1) is 0 Å². The lowest BCUT2D eigenvalue weighted by Crippen LogP contribution is -2.40. The second kappa shape index (κ2) is 8.70. The van der Waals surface area contributed by atoms with Gasteiger partial charge in [0.15, 0.2) is 0 Å². The van der Waals surface area contributed by atoms with E-state index in [-0.39, 0.29) is 6.04 Å². The van der Waals surface area contributed by atoms with Gasteiger partial charge in [-0.3, -0.25) is 0 Å². The van der Waals surface area contributed by atoms with E-state index in [1.54, 1.807) is 17.3 Å². The van der Waals surface area contributed by atoms with E-state index in [1.807, 2.05) is 0 Å². The van der Waals surface area contributed by atoms with Gasteiger partial charge in [0.05, 0.1) is 11.3 Å². The first-order chi connectivity index (χ1) is 14.4. The summed E-state index contributed by atoms with van der Waals surface area (Å²) in [5.74, 6) is 0.514. The molecule has 2 aromatic carbocycles. The van der Waals surface area contributed by atoms with Gasteiger partial charge in [0.2, 0.25) is 0 Å². The van der Waals surface area contributed by atoms with Crippen LogP contribution in [-0.4, -0.2) is 25.9 Å². The van der Waals surface area contributed by atoms with Crippen LogP contribution in [0.3, 0.4) is 0 Å². The summed E-state index contributed by atoms with van der Waals surface area (Å²) >= 11 is 0. The molecule has 2 N–H and O–H groups in total. The van der Waals surface area contributed by atoms with Crippen molar-refractivity contribution in [3.63, 3.8) is 0 Å². The Morgan fingerprint density at radius 2 is 1.60 bits per heavy atom. The smallest absolute Gasteiger partial charge is 0.138 e. The predicted octanol–water partition coefficient (Wildman–Crippen LogP) is 4.87. The summed E-state index contributed by atoms with van der Waals surface area (Å²) in [5.41, 5.74) is 3.94. The number of hydrogen-bond acceptors (Lipinski definition) is 4. The third-order valence-electron chi connectivity index (χ3n) is 6.49. The van der Waals surface area contributed by atoms with E-state index in [1.165, 1.54) is 11.1 Å². The van der Waals surface area contributed by atoms with Crippen LogP contribution in [0.15, 0.2) is 61.2 Å². The van der Waals surface area contributed by atoms with E-state index < -0.39 is 5.60 Å². The zero-order valence-corrected chi connectivity index (χ0v) is 18.1. The topological polar surface area (TPSA) is 63.0 Å². The third-order valence-corrected chi connectivity index (χ3v) is 6.49. The summed E-state index contributed by atoms with van der Waals surface area (Å²) in [6.07, 6.45) is 6.79. The lowest BCUT2D eigenvalue weighted by atomic mass is 9.77. The Hall–Kier alpha value is -2.50. The molecular weight excluding hydrogens is 372 g/mol. The van der Waals surface area contributed by atoms with Crippen molar-refractivity contribution in [1.29, 1.82) is 0 Å². The SMILES string of the molecule is CC(C)c1ccc(C2(O)CCC(NC(C)c3ccc(-n4cncn4)cc3)CC2)cc1. The molecule has 1 fully saturated rings. The highest BCUT2D eigenvalue weighted by Crippen LogP contribution is 2.38. The minimum absolute atomic E-state index is 0.260. The molecular formula is C25H32N4O. The number of benzene rings is 2. The third kappa shape index (κ3) is 4.47. The maximum Gasteiger partial charge on any atom is 0.138 e. The first kappa shape index (κ1) is 20.8. The molecule has 1 heterocycles. The number of rotatable bonds is 6. The van der Waals surface area contributed by atoms with Crippen LogP contribution in [0.2, 0.25) is 0 Å². The van der Waals surface area contributed by atoms with Gasteiger partial charge in [0, 0.05) is 12.1 Å². The summed E-state index contributed by atoms with van der Waals surface area (Å²) in [4.78, 5) is 4.00. The molecule has 1 aliphatic carbocycles. The average Bonchev–Trinajstić information content (AvgIpc) is 3.30. The number of aliphatic hydroxyl groups is 1. The van der Waals surface area contributed by atoms with Gasteiger partial charge >= 0.3 is 0 Å². The van der Waals surface area contributed by atoms with Crippen LogP contribution >= 0.6 is 0 Å². The van der Waals surface area contributed by atoms with Crippen molar-refractivity contribution < 1.29 is 5.11 Å². The standard InChI is InChI=1S/C25H32N4O/c1-18(2)20-4-8-22(9-5-20)25(30)14-12-23(13-15-25)28-19(3)21-6-10-24(11-7-21)29-17-26-16-27-29/h4-11,16-19,23,28,30H,12-15H2,1-3H3. The molecule has 1 saturated carbocycles. The van der Waals surface area contributed by atoms with E-state index in [0.29, 0.717) is 12.0 Å². The molecule has 0 aliphatic heterocycles. The van der Waals surface area contributed by atoms with Crippen molar-refractivity contribution in [2.75, 3.05) is 0 Å². The first-order valence-electron chi connectivity index (χ1n) is 11.0. The van der Waals surface area contributed by atoms with E-state index in [2.05, 4.69) is 84.7 Å². The van der Waals surface area contributed by atoms with Gasteiger partial charge in [-0.25, -0.2) is 9.67 Å². The highest BCUT2D eigenvalue weighted by atomic mass is 16.3. The number of hydrogen-bond donors (Lipinski definition) is 2. The van der Waals surface area contributed by atoms with Gasteiger partial charge in [-0.1, -0.05) is 50.2 Å². The van der Waals surface area contributed by atoms with Crippen LogP contribution in [0.5, 0.6) is 0 Å². The lowest BCUT2D eigenvalue weighted by molar-refractivity contribution is -0.00924. The number of aromatic nitrogens is 3. The molecule has 4 rings (SSSR count). The van der Waals surface area contributed by atoms with Crippen LogP contribution in [0.25, 0.3) is 5.69 Å². The Morgan fingerprint density at radius 3 is 2.17 bits per heavy atom. The number of nitrogens with one attached hydrogen (secondary N) is 1. The van der Waals surface area contributed by atoms with Crippen LogP contribution in [0.4, 0.5) is 0 Å². The fourth-order valence-corrected chi connectivity index (χ4v) is 4.44. The maximum absolute atomic E-state index is 11.2. The quantitative estimate of drug-likeness (QED) is 0.615. The maximum atomic E-state index is 11.2. The molecule has 5 heteroatoms. The van der Waals surface area contributed by atoms with Crippen molar-refractivity contribution in [3.05, 3.63) is 77.9 Å². The molecule has 0 radical (unpaired) electrons. The first-order valence-corrected chi connectivity index (χ1v) is 11.0. The molecule has 0 amide bonds. The highest BCUT2D eigenvalue weighted by molar-refractivity contribution is 5.34. The van der Waals surface area contributed by atoms with Crippen LogP contribution in [0, 0.1) is 0 Å². The minimum atomic E-state index is -0.698. The molecule has 158 valence electrons. The summed E-state index contributed by atoms with van der Waals surface area (Å²) < 4.78 is 1.76. The Bertz CT molecular complexity index is 924. The highest BCUT2D eigenvalue weighted by Gasteiger charge is 2.35. The molecule has 0 spiro atoms. The van der Waals surface area contributed by atoms with Crippen molar-refractivity contribution in [1.82, 2.24) is 20.1 Å². The second-order valence-electron chi connectivity index (χ2n) is 8.90. The molecule has 1 atom stereocenters. The molecule has 1 unspecified atom stereocenters. The van der Waals surface area contributed by atoms with E-state index in [9.17, 15) is 5.11 Å². The Morgan fingerprint density at radius 1 is 0.967 bits per heavy atom.